The van der Waals surface area contributed by atoms with E-state index in [1.807, 2.05) is 52.0 Å². The first-order valence-electron chi connectivity index (χ1n) is 13.9. The first kappa shape index (κ1) is 27.2. The predicted molar refractivity (Wildman–Crippen MR) is 150 cm³/mol. The third-order valence-corrected chi connectivity index (χ3v) is 9.17. The summed E-state index contributed by atoms with van der Waals surface area (Å²) in [4.78, 5) is 58.5. The van der Waals surface area contributed by atoms with Gasteiger partial charge in [-0.3, -0.25) is 19.2 Å². The molecule has 0 radical (unpaired) electrons. The number of amides is 3. The average Bonchev–Trinajstić information content (AvgIpc) is 3.64. The fraction of sp³-hybridized carbons (Fsp3) is 0.548. The molecule has 1 aromatic heterocycles. The van der Waals surface area contributed by atoms with Crippen LogP contribution in [0.5, 0.6) is 0 Å². The lowest BCUT2D eigenvalue weighted by atomic mass is 9.83. The molecule has 2 aromatic rings. The standard InChI is InChI=1S/C31H40N4O4/c1-8-22(36)26(30(3,4)5)34-28(38)25-23-19(31(23,6)7)15-35(25)29(39)24(17-12-13-17)33-27(37)21-14-18-16(2)10-9-11-20(18)32-21/h8-11,14,17,19,23-26,32H,1,12-13,15H2,2-7H3,(H,33,37)(H,34,38)/t19-,23-,24-,25-,26+/m0/s1. The summed E-state index contributed by atoms with van der Waals surface area (Å²) in [5.41, 5.74) is 1.76. The SMILES string of the molecule is C=CC(=O)[C@@H](NC(=O)[C@@H]1[C@@H]2[C@H](CN1C(=O)[C@@H](NC(=O)c1cc3c(C)cccc3[nH]1)C1CC1)C2(C)C)C(C)(C)C. The van der Waals surface area contributed by atoms with E-state index < -0.39 is 23.5 Å². The summed E-state index contributed by atoms with van der Waals surface area (Å²) in [6, 6.07) is 5.54. The lowest BCUT2D eigenvalue weighted by Gasteiger charge is -2.35. The van der Waals surface area contributed by atoms with Crippen LogP contribution in [-0.2, 0) is 14.4 Å². The highest BCUT2D eigenvalue weighted by molar-refractivity contribution is 6.02. The molecule has 0 bridgehead atoms. The fourth-order valence-corrected chi connectivity index (χ4v) is 6.51. The normalized spacial score (nSPS) is 25.0. The summed E-state index contributed by atoms with van der Waals surface area (Å²) in [5.74, 6) is -0.861. The number of carbonyl (C=O) groups is 4. The van der Waals surface area contributed by atoms with E-state index in [2.05, 4.69) is 36.0 Å². The number of nitrogens with one attached hydrogen (secondary N) is 3. The molecule has 3 aliphatic rings. The first-order chi connectivity index (χ1) is 18.3. The number of piperidine rings is 1. The van der Waals surface area contributed by atoms with E-state index >= 15 is 0 Å². The number of rotatable bonds is 8. The average molecular weight is 533 g/mol. The fourth-order valence-electron chi connectivity index (χ4n) is 6.51. The van der Waals surface area contributed by atoms with Crippen molar-refractivity contribution in [1.29, 1.82) is 0 Å². The molecule has 2 saturated carbocycles. The number of benzene rings is 1. The molecule has 39 heavy (non-hydrogen) atoms. The Morgan fingerprint density at radius 1 is 1.15 bits per heavy atom. The molecule has 1 aliphatic heterocycles. The van der Waals surface area contributed by atoms with E-state index in [0.717, 1.165) is 29.3 Å². The summed E-state index contributed by atoms with van der Waals surface area (Å²) in [6.07, 6.45) is 2.94. The van der Waals surface area contributed by atoms with Gasteiger partial charge in [0.1, 0.15) is 17.8 Å². The highest BCUT2D eigenvalue weighted by Gasteiger charge is 2.70. The van der Waals surface area contributed by atoms with E-state index in [0.29, 0.717) is 12.2 Å². The maximum absolute atomic E-state index is 14.0. The number of aromatic amines is 1. The van der Waals surface area contributed by atoms with E-state index in [4.69, 9.17) is 0 Å². The van der Waals surface area contributed by atoms with Crippen LogP contribution in [0.3, 0.4) is 0 Å². The van der Waals surface area contributed by atoms with Crippen molar-refractivity contribution < 1.29 is 19.2 Å². The van der Waals surface area contributed by atoms with Crippen LogP contribution in [0.25, 0.3) is 10.9 Å². The van der Waals surface area contributed by atoms with Gasteiger partial charge in [-0.25, -0.2) is 0 Å². The second kappa shape index (κ2) is 9.35. The van der Waals surface area contributed by atoms with E-state index in [1.54, 1.807) is 4.90 Å². The van der Waals surface area contributed by atoms with Gasteiger partial charge in [0, 0.05) is 17.4 Å². The van der Waals surface area contributed by atoms with Crippen molar-refractivity contribution >= 4 is 34.4 Å². The lowest BCUT2D eigenvalue weighted by Crippen LogP contribution is -2.59. The summed E-state index contributed by atoms with van der Waals surface area (Å²) in [6.45, 7) is 16.0. The van der Waals surface area contributed by atoms with Crippen molar-refractivity contribution in [1.82, 2.24) is 20.5 Å². The van der Waals surface area contributed by atoms with E-state index in [-0.39, 0.29) is 46.7 Å². The summed E-state index contributed by atoms with van der Waals surface area (Å²) in [5, 5.41) is 6.92. The van der Waals surface area contributed by atoms with Gasteiger partial charge in [-0.2, -0.15) is 0 Å². The number of aryl methyl sites for hydroxylation is 1. The Kier molecular flexibility index (Phi) is 6.51. The van der Waals surface area contributed by atoms with Crippen LogP contribution in [0.4, 0.5) is 0 Å². The molecule has 0 unspecified atom stereocenters. The molecular weight excluding hydrogens is 492 g/mol. The molecular formula is C31H40N4O4. The van der Waals surface area contributed by atoms with E-state index in [9.17, 15) is 19.2 Å². The molecule has 2 aliphatic carbocycles. The molecule has 8 nitrogen and oxygen atoms in total. The van der Waals surface area contributed by atoms with Crippen molar-refractivity contribution in [2.75, 3.05) is 6.54 Å². The number of H-pyrrole nitrogens is 1. The van der Waals surface area contributed by atoms with Crippen molar-refractivity contribution in [3.8, 4) is 0 Å². The largest absolute Gasteiger partial charge is 0.351 e. The second-order valence-electron chi connectivity index (χ2n) is 13.3. The van der Waals surface area contributed by atoms with Gasteiger partial charge >= 0.3 is 0 Å². The third kappa shape index (κ3) is 4.79. The summed E-state index contributed by atoms with van der Waals surface area (Å²) in [7, 11) is 0. The van der Waals surface area contributed by atoms with Crippen LogP contribution in [0, 0.1) is 35.5 Å². The van der Waals surface area contributed by atoms with Gasteiger partial charge in [0.05, 0.1) is 6.04 Å². The number of ketones is 1. The van der Waals surface area contributed by atoms with Gasteiger partial charge in [0.2, 0.25) is 11.8 Å². The number of likely N-dealkylation sites (tertiary alicyclic amines) is 1. The number of aromatic nitrogens is 1. The molecule has 3 fully saturated rings. The Balaban J connectivity index is 1.38. The smallest absolute Gasteiger partial charge is 0.268 e. The zero-order valence-corrected chi connectivity index (χ0v) is 23.8. The predicted octanol–water partition coefficient (Wildman–Crippen LogP) is 3.75. The first-order valence-corrected chi connectivity index (χ1v) is 13.9. The summed E-state index contributed by atoms with van der Waals surface area (Å²) < 4.78 is 0. The zero-order chi connectivity index (χ0) is 28.4. The van der Waals surface area contributed by atoms with Crippen LogP contribution in [0.1, 0.15) is 63.5 Å². The van der Waals surface area contributed by atoms with Gasteiger partial charge in [-0.05, 0) is 72.1 Å². The quantitative estimate of drug-likeness (QED) is 0.450. The Morgan fingerprint density at radius 2 is 1.85 bits per heavy atom. The van der Waals surface area contributed by atoms with Gasteiger partial charge in [0.25, 0.3) is 5.91 Å². The minimum absolute atomic E-state index is 0.00753. The Hall–Kier alpha value is -3.42. The number of nitrogens with zero attached hydrogens (tertiary/aromatic N) is 1. The topological polar surface area (TPSA) is 111 Å². The van der Waals surface area contributed by atoms with Crippen molar-refractivity contribution in [2.24, 2.45) is 28.6 Å². The van der Waals surface area contributed by atoms with Crippen LogP contribution in [-0.4, -0.2) is 58.1 Å². The van der Waals surface area contributed by atoms with Crippen molar-refractivity contribution in [3.63, 3.8) is 0 Å². The second-order valence-corrected chi connectivity index (χ2v) is 13.3. The number of hydrogen-bond acceptors (Lipinski definition) is 4. The number of carbonyl (C=O) groups excluding carboxylic acids is 4. The molecule has 3 amide bonds. The minimum Gasteiger partial charge on any atom is -0.351 e. The molecule has 5 atom stereocenters. The molecule has 2 heterocycles. The maximum Gasteiger partial charge on any atom is 0.268 e. The summed E-state index contributed by atoms with van der Waals surface area (Å²) >= 11 is 0. The molecule has 1 saturated heterocycles. The van der Waals surface area contributed by atoms with Crippen molar-refractivity contribution in [2.45, 2.75) is 72.5 Å². The maximum atomic E-state index is 14.0. The Labute approximate surface area is 230 Å². The van der Waals surface area contributed by atoms with E-state index in [1.165, 1.54) is 6.08 Å². The lowest BCUT2D eigenvalue weighted by molar-refractivity contribution is -0.143. The van der Waals surface area contributed by atoms with Gasteiger partial charge in [-0.1, -0.05) is 53.3 Å². The minimum atomic E-state index is -0.746. The Bertz CT molecular complexity index is 1360. The van der Waals surface area contributed by atoms with Gasteiger partial charge < -0.3 is 20.5 Å². The number of hydrogen-bond donors (Lipinski definition) is 3. The highest BCUT2D eigenvalue weighted by Crippen LogP contribution is 2.65. The molecule has 208 valence electrons. The number of fused-ring (bicyclic) bond motifs is 2. The van der Waals surface area contributed by atoms with Crippen LogP contribution in [0.15, 0.2) is 36.9 Å². The van der Waals surface area contributed by atoms with Crippen LogP contribution in [0.2, 0.25) is 0 Å². The van der Waals surface area contributed by atoms with Gasteiger partial charge in [0.15, 0.2) is 5.78 Å². The van der Waals surface area contributed by atoms with Gasteiger partial charge in [-0.15, -0.1) is 0 Å². The molecule has 1 aromatic carbocycles. The monoisotopic (exact) mass is 532 g/mol. The molecule has 0 spiro atoms. The molecule has 5 rings (SSSR count). The molecule has 8 heteroatoms. The highest BCUT2D eigenvalue weighted by atomic mass is 16.2. The molecule has 3 N–H and O–H groups in total. The zero-order valence-electron chi connectivity index (χ0n) is 23.8. The Morgan fingerprint density at radius 3 is 2.44 bits per heavy atom. The van der Waals surface area contributed by atoms with Crippen LogP contribution >= 0.6 is 0 Å². The third-order valence-electron chi connectivity index (χ3n) is 9.17. The van der Waals surface area contributed by atoms with Crippen LogP contribution < -0.4 is 10.6 Å². The van der Waals surface area contributed by atoms with Crippen molar-refractivity contribution in [3.05, 3.63) is 48.2 Å².